The van der Waals surface area contributed by atoms with Crippen LogP contribution < -0.4 is 5.32 Å². The van der Waals surface area contributed by atoms with Crippen LogP contribution in [0, 0.1) is 5.82 Å². The van der Waals surface area contributed by atoms with Gasteiger partial charge in [-0.05, 0) is 25.0 Å². The summed E-state index contributed by atoms with van der Waals surface area (Å²) in [4.78, 5) is 11.8. The second kappa shape index (κ2) is 6.21. The maximum Gasteiger partial charge on any atom is 0.255 e. The highest BCUT2D eigenvalue weighted by molar-refractivity contribution is 6.32. The van der Waals surface area contributed by atoms with E-state index in [4.69, 9.17) is 11.6 Å². The molecule has 0 heterocycles. The molecule has 0 aliphatic carbocycles. The molecule has 0 aliphatic rings. The Morgan fingerprint density at radius 3 is 2.53 bits per heavy atom. The zero-order chi connectivity index (χ0) is 14.6. The smallest absolute Gasteiger partial charge is 0.255 e. The Hall–Kier alpha value is -1.33. The standard InChI is InChI=1S/C13H17ClFNO3/c1-3-13(19,4-2)7-16-12(18)9-5-8(15)6-10(14)11(9)17/h5-6,17,19H,3-4,7H2,1-2H3,(H,16,18). The molecular weight excluding hydrogens is 273 g/mol. The molecule has 1 aromatic carbocycles. The highest BCUT2D eigenvalue weighted by Gasteiger charge is 2.24. The molecule has 106 valence electrons. The van der Waals surface area contributed by atoms with Gasteiger partial charge in [-0.3, -0.25) is 4.79 Å². The quantitative estimate of drug-likeness (QED) is 0.780. The molecule has 0 aromatic heterocycles. The Balaban J connectivity index is 2.85. The van der Waals surface area contributed by atoms with E-state index in [9.17, 15) is 19.4 Å². The number of rotatable bonds is 5. The maximum atomic E-state index is 13.1. The minimum Gasteiger partial charge on any atom is -0.506 e. The molecule has 3 N–H and O–H groups in total. The van der Waals surface area contributed by atoms with Crippen LogP contribution in [-0.4, -0.2) is 28.3 Å². The molecule has 0 fully saturated rings. The summed E-state index contributed by atoms with van der Waals surface area (Å²) in [6, 6.07) is 1.82. The first-order valence-corrected chi connectivity index (χ1v) is 6.39. The monoisotopic (exact) mass is 289 g/mol. The summed E-state index contributed by atoms with van der Waals surface area (Å²) in [6.45, 7) is 3.62. The number of hydrogen-bond acceptors (Lipinski definition) is 3. The molecule has 0 spiro atoms. The number of carbonyl (C=O) groups excluding carboxylic acids is 1. The predicted octanol–water partition coefficient (Wildman–Crippen LogP) is 2.47. The number of amides is 1. The lowest BCUT2D eigenvalue weighted by molar-refractivity contribution is 0.0313. The van der Waals surface area contributed by atoms with Gasteiger partial charge in [0.25, 0.3) is 5.91 Å². The Bertz CT molecular complexity index is 475. The second-order valence-corrected chi connectivity index (χ2v) is 4.81. The van der Waals surface area contributed by atoms with Crippen molar-refractivity contribution in [3.63, 3.8) is 0 Å². The fourth-order valence-corrected chi connectivity index (χ4v) is 1.79. The maximum absolute atomic E-state index is 13.1. The van der Waals surface area contributed by atoms with E-state index in [1.54, 1.807) is 13.8 Å². The summed E-state index contributed by atoms with van der Waals surface area (Å²) in [5.74, 6) is -1.87. The zero-order valence-corrected chi connectivity index (χ0v) is 11.6. The molecule has 0 bridgehead atoms. The summed E-state index contributed by atoms with van der Waals surface area (Å²) in [5.41, 5.74) is -1.26. The van der Waals surface area contributed by atoms with Gasteiger partial charge in [0.2, 0.25) is 0 Å². The summed E-state index contributed by atoms with van der Waals surface area (Å²) < 4.78 is 13.1. The second-order valence-electron chi connectivity index (χ2n) is 4.40. The van der Waals surface area contributed by atoms with Gasteiger partial charge in [0.15, 0.2) is 0 Å². The molecule has 6 heteroatoms. The third-order valence-corrected chi connectivity index (χ3v) is 3.46. The fraction of sp³-hybridized carbons (Fsp3) is 0.462. The number of aromatic hydroxyl groups is 1. The molecule has 0 atom stereocenters. The number of hydrogen-bond donors (Lipinski definition) is 3. The van der Waals surface area contributed by atoms with Crippen LogP contribution in [0.1, 0.15) is 37.0 Å². The molecule has 0 saturated carbocycles. The van der Waals surface area contributed by atoms with Crippen molar-refractivity contribution in [1.82, 2.24) is 5.32 Å². The number of aliphatic hydroxyl groups is 1. The summed E-state index contributed by atoms with van der Waals surface area (Å²) in [6.07, 6.45) is 0.944. The van der Waals surface area contributed by atoms with Crippen molar-refractivity contribution >= 4 is 17.5 Å². The van der Waals surface area contributed by atoms with Gasteiger partial charge in [0, 0.05) is 6.54 Å². The first-order chi connectivity index (χ1) is 8.83. The van der Waals surface area contributed by atoms with Gasteiger partial charge in [0.1, 0.15) is 11.6 Å². The van der Waals surface area contributed by atoms with E-state index in [-0.39, 0.29) is 17.1 Å². The number of carbonyl (C=O) groups is 1. The highest BCUT2D eigenvalue weighted by Crippen LogP contribution is 2.28. The van der Waals surface area contributed by atoms with Crippen LogP contribution in [0.2, 0.25) is 5.02 Å². The number of nitrogens with one attached hydrogen (secondary N) is 1. The highest BCUT2D eigenvalue weighted by atomic mass is 35.5. The van der Waals surface area contributed by atoms with Crippen LogP contribution >= 0.6 is 11.6 Å². The molecule has 0 aliphatic heterocycles. The predicted molar refractivity (Wildman–Crippen MR) is 70.9 cm³/mol. The number of benzene rings is 1. The van der Waals surface area contributed by atoms with Gasteiger partial charge in [-0.25, -0.2) is 4.39 Å². The van der Waals surface area contributed by atoms with E-state index >= 15 is 0 Å². The molecule has 0 radical (unpaired) electrons. The van der Waals surface area contributed by atoms with Crippen molar-refractivity contribution in [2.24, 2.45) is 0 Å². The van der Waals surface area contributed by atoms with Gasteiger partial charge in [0.05, 0.1) is 16.2 Å². The first-order valence-electron chi connectivity index (χ1n) is 6.01. The largest absolute Gasteiger partial charge is 0.506 e. The minimum atomic E-state index is -1.01. The molecule has 0 saturated heterocycles. The third kappa shape index (κ3) is 3.81. The number of phenols is 1. The van der Waals surface area contributed by atoms with E-state index < -0.39 is 23.1 Å². The van der Waals surface area contributed by atoms with Gasteiger partial charge < -0.3 is 15.5 Å². The topological polar surface area (TPSA) is 69.6 Å². The Labute approximate surface area is 116 Å². The summed E-state index contributed by atoms with van der Waals surface area (Å²) >= 11 is 5.59. The molecule has 1 aromatic rings. The average Bonchev–Trinajstić information content (AvgIpc) is 2.39. The normalized spacial score (nSPS) is 11.4. The molecule has 19 heavy (non-hydrogen) atoms. The fourth-order valence-electron chi connectivity index (χ4n) is 1.58. The van der Waals surface area contributed by atoms with Crippen molar-refractivity contribution in [3.05, 3.63) is 28.5 Å². The van der Waals surface area contributed by atoms with Crippen molar-refractivity contribution < 1.29 is 19.4 Å². The van der Waals surface area contributed by atoms with Gasteiger partial charge in [-0.1, -0.05) is 25.4 Å². The van der Waals surface area contributed by atoms with Crippen molar-refractivity contribution in [2.75, 3.05) is 6.54 Å². The molecule has 4 nitrogen and oxygen atoms in total. The summed E-state index contributed by atoms with van der Waals surface area (Å²) in [7, 11) is 0. The van der Waals surface area contributed by atoms with E-state index in [2.05, 4.69) is 5.32 Å². The molecular formula is C13H17ClFNO3. The number of halogens is 2. The lowest BCUT2D eigenvalue weighted by atomic mass is 9.97. The van der Waals surface area contributed by atoms with E-state index in [0.29, 0.717) is 12.8 Å². The van der Waals surface area contributed by atoms with Crippen molar-refractivity contribution in [3.8, 4) is 5.75 Å². The van der Waals surface area contributed by atoms with Crippen LogP contribution in [-0.2, 0) is 0 Å². The lowest BCUT2D eigenvalue weighted by Crippen LogP contribution is -2.42. The van der Waals surface area contributed by atoms with Gasteiger partial charge in [-0.2, -0.15) is 0 Å². The SMILES string of the molecule is CCC(O)(CC)CNC(=O)c1cc(F)cc(Cl)c1O. The first kappa shape index (κ1) is 15.7. The van der Waals surface area contributed by atoms with Gasteiger partial charge >= 0.3 is 0 Å². The number of phenolic OH excluding ortho intramolecular Hbond substituents is 1. The molecule has 1 amide bonds. The van der Waals surface area contributed by atoms with E-state index in [1.807, 2.05) is 0 Å². The Kier molecular flexibility index (Phi) is 5.14. The Morgan fingerprint density at radius 1 is 1.42 bits per heavy atom. The molecule has 0 unspecified atom stereocenters. The lowest BCUT2D eigenvalue weighted by Gasteiger charge is -2.25. The third-order valence-electron chi connectivity index (χ3n) is 3.17. The van der Waals surface area contributed by atoms with E-state index in [1.165, 1.54) is 0 Å². The van der Waals surface area contributed by atoms with Crippen LogP contribution in [0.3, 0.4) is 0 Å². The van der Waals surface area contributed by atoms with Crippen LogP contribution in [0.25, 0.3) is 0 Å². The van der Waals surface area contributed by atoms with Crippen molar-refractivity contribution in [2.45, 2.75) is 32.3 Å². The average molecular weight is 290 g/mol. The van der Waals surface area contributed by atoms with Crippen LogP contribution in [0.15, 0.2) is 12.1 Å². The Morgan fingerprint density at radius 2 is 2.00 bits per heavy atom. The minimum absolute atomic E-state index is 0.0202. The molecule has 1 rings (SSSR count). The van der Waals surface area contributed by atoms with Crippen molar-refractivity contribution in [1.29, 1.82) is 0 Å². The zero-order valence-electron chi connectivity index (χ0n) is 10.8. The van der Waals surface area contributed by atoms with Crippen LogP contribution in [0.4, 0.5) is 4.39 Å². The summed E-state index contributed by atoms with van der Waals surface area (Å²) in [5, 5.41) is 21.9. The van der Waals surface area contributed by atoms with Gasteiger partial charge in [-0.15, -0.1) is 0 Å². The van der Waals surface area contributed by atoms with Crippen LogP contribution in [0.5, 0.6) is 5.75 Å². The van der Waals surface area contributed by atoms with E-state index in [0.717, 1.165) is 12.1 Å².